The van der Waals surface area contributed by atoms with Gasteiger partial charge in [0.05, 0.1) is 0 Å². The van der Waals surface area contributed by atoms with Crippen molar-refractivity contribution < 1.29 is 0 Å². The van der Waals surface area contributed by atoms with Gasteiger partial charge in [-0.3, -0.25) is 0 Å². The first-order valence-electron chi connectivity index (χ1n) is 6.74. The zero-order valence-corrected chi connectivity index (χ0v) is 11.0. The molecule has 90 valence electrons. The molecule has 1 fully saturated rings. The third-order valence-corrected chi connectivity index (χ3v) is 3.90. The molecule has 0 aromatic rings. The van der Waals surface area contributed by atoms with E-state index in [1.165, 1.54) is 32.1 Å². The molecule has 0 radical (unpaired) electrons. The van der Waals surface area contributed by atoms with Crippen LogP contribution in [0.25, 0.3) is 0 Å². The second-order valence-corrected chi connectivity index (χ2v) is 6.31. The lowest BCUT2D eigenvalue weighted by Gasteiger charge is -2.35. The van der Waals surface area contributed by atoms with Gasteiger partial charge >= 0.3 is 0 Å². The fourth-order valence-corrected chi connectivity index (χ4v) is 3.12. The van der Waals surface area contributed by atoms with Crippen LogP contribution in [0.3, 0.4) is 0 Å². The molecule has 0 aromatic heterocycles. The molecular weight excluding hydrogens is 182 g/mol. The minimum Gasteiger partial charge on any atom is -0.327 e. The Kier molecular flexibility index (Phi) is 5.11. The molecule has 1 aliphatic carbocycles. The van der Waals surface area contributed by atoms with Crippen LogP contribution >= 0.6 is 0 Å². The largest absolute Gasteiger partial charge is 0.327 e. The van der Waals surface area contributed by atoms with Gasteiger partial charge < -0.3 is 5.73 Å². The summed E-state index contributed by atoms with van der Waals surface area (Å²) in [6.07, 6.45) is 6.66. The monoisotopic (exact) mass is 211 g/mol. The molecule has 3 unspecified atom stereocenters. The van der Waals surface area contributed by atoms with Crippen LogP contribution < -0.4 is 5.73 Å². The van der Waals surface area contributed by atoms with Gasteiger partial charge in [-0.05, 0) is 55.8 Å². The van der Waals surface area contributed by atoms with Gasteiger partial charge in [0, 0.05) is 6.04 Å². The van der Waals surface area contributed by atoms with Gasteiger partial charge in [0.15, 0.2) is 0 Å². The molecule has 0 bridgehead atoms. The normalized spacial score (nSPS) is 34.4. The Morgan fingerprint density at radius 3 is 2.00 bits per heavy atom. The summed E-state index contributed by atoms with van der Waals surface area (Å²) in [7, 11) is 0. The van der Waals surface area contributed by atoms with Crippen molar-refractivity contribution >= 4 is 0 Å². The van der Waals surface area contributed by atoms with Crippen molar-refractivity contribution in [3.8, 4) is 0 Å². The second kappa shape index (κ2) is 5.89. The SMILES string of the molecule is CC(C)CCC(N)C1CC(C)CC(C)C1. The van der Waals surface area contributed by atoms with Crippen LogP contribution in [-0.2, 0) is 0 Å². The summed E-state index contributed by atoms with van der Waals surface area (Å²) in [5.41, 5.74) is 6.32. The standard InChI is InChI=1S/C14H29N/c1-10(2)5-6-14(15)13-8-11(3)7-12(4)9-13/h10-14H,5-9,15H2,1-4H3. The quantitative estimate of drug-likeness (QED) is 0.751. The van der Waals surface area contributed by atoms with Crippen LogP contribution in [0.5, 0.6) is 0 Å². The van der Waals surface area contributed by atoms with Gasteiger partial charge in [0.2, 0.25) is 0 Å². The van der Waals surface area contributed by atoms with Crippen molar-refractivity contribution in [1.29, 1.82) is 0 Å². The zero-order chi connectivity index (χ0) is 11.4. The summed E-state index contributed by atoms with van der Waals surface area (Å²) in [6.45, 7) is 9.35. The van der Waals surface area contributed by atoms with Crippen molar-refractivity contribution in [1.82, 2.24) is 0 Å². The van der Waals surface area contributed by atoms with Crippen LogP contribution in [0.1, 0.15) is 59.8 Å². The predicted molar refractivity (Wildman–Crippen MR) is 67.7 cm³/mol. The van der Waals surface area contributed by atoms with Gasteiger partial charge in [-0.1, -0.05) is 27.7 Å². The van der Waals surface area contributed by atoms with E-state index in [0.29, 0.717) is 6.04 Å². The number of rotatable bonds is 4. The Labute approximate surface area is 95.8 Å². The topological polar surface area (TPSA) is 26.0 Å². The van der Waals surface area contributed by atoms with Gasteiger partial charge in [-0.2, -0.15) is 0 Å². The van der Waals surface area contributed by atoms with E-state index in [2.05, 4.69) is 27.7 Å². The van der Waals surface area contributed by atoms with E-state index in [4.69, 9.17) is 5.73 Å². The highest BCUT2D eigenvalue weighted by atomic mass is 14.7. The average molecular weight is 211 g/mol. The summed E-state index contributed by atoms with van der Waals surface area (Å²) in [5.74, 6) is 3.38. The Morgan fingerprint density at radius 2 is 1.53 bits per heavy atom. The van der Waals surface area contributed by atoms with Crippen molar-refractivity contribution in [2.45, 2.75) is 65.8 Å². The van der Waals surface area contributed by atoms with E-state index in [1.54, 1.807) is 0 Å². The van der Waals surface area contributed by atoms with Crippen LogP contribution in [0, 0.1) is 23.7 Å². The smallest absolute Gasteiger partial charge is 0.00674 e. The van der Waals surface area contributed by atoms with E-state index < -0.39 is 0 Å². The lowest BCUT2D eigenvalue weighted by Crippen LogP contribution is -2.35. The van der Waals surface area contributed by atoms with Gasteiger partial charge in [-0.15, -0.1) is 0 Å². The molecule has 2 N–H and O–H groups in total. The Bertz CT molecular complexity index is 166. The molecule has 1 nitrogen and oxygen atoms in total. The highest BCUT2D eigenvalue weighted by Crippen LogP contribution is 2.35. The van der Waals surface area contributed by atoms with Crippen LogP contribution in [0.4, 0.5) is 0 Å². The van der Waals surface area contributed by atoms with E-state index in [9.17, 15) is 0 Å². The van der Waals surface area contributed by atoms with E-state index >= 15 is 0 Å². The minimum atomic E-state index is 0.456. The van der Waals surface area contributed by atoms with Crippen molar-refractivity contribution in [2.75, 3.05) is 0 Å². The lowest BCUT2D eigenvalue weighted by molar-refractivity contribution is 0.185. The average Bonchev–Trinajstić information content (AvgIpc) is 2.12. The minimum absolute atomic E-state index is 0.456. The number of hydrogen-bond donors (Lipinski definition) is 1. The summed E-state index contributed by atoms with van der Waals surface area (Å²) in [5, 5.41) is 0. The van der Waals surface area contributed by atoms with Crippen LogP contribution in [0.15, 0.2) is 0 Å². The molecule has 0 spiro atoms. The van der Waals surface area contributed by atoms with Gasteiger partial charge in [0.1, 0.15) is 0 Å². The second-order valence-electron chi connectivity index (χ2n) is 6.31. The maximum absolute atomic E-state index is 6.32. The Balaban J connectivity index is 2.34. The zero-order valence-electron chi connectivity index (χ0n) is 11.0. The number of nitrogens with two attached hydrogens (primary N) is 1. The molecule has 3 atom stereocenters. The maximum Gasteiger partial charge on any atom is 0.00674 e. The third-order valence-electron chi connectivity index (χ3n) is 3.90. The summed E-state index contributed by atoms with van der Waals surface area (Å²) in [4.78, 5) is 0. The molecule has 1 saturated carbocycles. The van der Waals surface area contributed by atoms with Crippen LogP contribution in [0.2, 0.25) is 0 Å². The Morgan fingerprint density at radius 1 is 1.00 bits per heavy atom. The van der Waals surface area contributed by atoms with E-state index in [0.717, 1.165) is 23.7 Å². The molecule has 0 aliphatic heterocycles. The fourth-order valence-electron chi connectivity index (χ4n) is 3.12. The molecule has 1 heteroatoms. The van der Waals surface area contributed by atoms with Crippen molar-refractivity contribution in [2.24, 2.45) is 29.4 Å². The predicted octanol–water partition coefficient (Wildman–Crippen LogP) is 3.82. The molecule has 1 aliphatic rings. The maximum atomic E-state index is 6.32. The van der Waals surface area contributed by atoms with Crippen molar-refractivity contribution in [3.05, 3.63) is 0 Å². The molecular formula is C14H29N. The van der Waals surface area contributed by atoms with Gasteiger partial charge in [0.25, 0.3) is 0 Å². The van der Waals surface area contributed by atoms with Crippen LogP contribution in [-0.4, -0.2) is 6.04 Å². The third kappa shape index (κ3) is 4.55. The first-order valence-corrected chi connectivity index (χ1v) is 6.74. The highest BCUT2D eigenvalue weighted by Gasteiger charge is 2.27. The van der Waals surface area contributed by atoms with E-state index in [-0.39, 0.29) is 0 Å². The van der Waals surface area contributed by atoms with Gasteiger partial charge in [-0.25, -0.2) is 0 Å². The molecule has 0 amide bonds. The molecule has 1 rings (SSSR count). The molecule has 0 saturated heterocycles. The Hall–Kier alpha value is -0.0400. The highest BCUT2D eigenvalue weighted by molar-refractivity contribution is 4.82. The fraction of sp³-hybridized carbons (Fsp3) is 1.00. The summed E-state index contributed by atoms with van der Waals surface area (Å²) in [6, 6.07) is 0.456. The first-order chi connectivity index (χ1) is 6.99. The summed E-state index contributed by atoms with van der Waals surface area (Å²) >= 11 is 0. The summed E-state index contributed by atoms with van der Waals surface area (Å²) < 4.78 is 0. The molecule has 15 heavy (non-hydrogen) atoms. The van der Waals surface area contributed by atoms with Crippen molar-refractivity contribution in [3.63, 3.8) is 0 Å². The molecule has 0 aromatic carbocycles. The first kappa shape index (κ1) is 13.0. The van der Waals surface area contributed by atoms with E-state index in [1.807, 2.05) is 0 Å². The lowest BCUT2D eigenvalue weighted by atomic mass is 9.73. The molecule has 0 heterocycles. The number of hydrogen-bond acceptors (Lipinski definition) is 1.